The molecule has 0 saturated carbocycles. The Morgan fingerprint density at radius 3 is 2.48 bits per heavy atom. The van der Waals surface area contributed by atoms with E-state index in [1.165, 1.54) is 0 Å². The van der Waals surface area contributed by atoms with Crippen LogP contribution in [0.2, 0.25) is 0 Å². The molecule has 1 aliphatic heterocycles. The topological polar surface area (TPSA) is 57.7 Å². The van der Waals surface area contributed by atoms with Gasteiger partial charge in [0.05, 0.1) is 7.11 Å². The molecule has 1 aromatic heterocycles. The number of piperazine rings is 1. The average molecular weight is 340 g/mol. The van der Waals surface area contributed by atoms with Gasteiger partial charge in [-0.05, 0) is 11.1 Å². The van der Waals surface area contributed by atoms with Crippen molar-refractivity contribution in [2.24, 2.45) is 0 Å². The van der Waals surface area contributed by atoms with Gasteiger partial charge in [0.2, 0.25) is 5.88 Å². The SMILES string of the molecule is COc1ccc(CN2CCN(C(=O)NCc3ccccc3)CC2)cn1. The monoisotopic (exact) mass is 340 g/mol. The van der Waals surface area contributed by atoms with Crippen LogP contribution in [0.1, 0.15) is 11.1 Å². The van der Waals surface area contributed by atoms with E-state index in [0.29, 0.717) is 12.4 Å². The van der Waals surface area contributed by atoms with Gasteiger partial charge in [0.15, 0.2) is 0 Å². The summed E-state index contributed by atoms with van der Waals surface area (Å²) in [6.45, 7) is 4.62. The van der Waals surface area contributed by atoms with Gasteiger partial charge in [0.25, 0.3) is 0 Å². The van der Waals surface area contributed by atoms with Gasteiger partial charge in [-0.2, -0.15) is 0 Å². The lowest BCUT2D eigenvalue weighted by Crippen LogP contribution is -2.51. The first kappa shape index (κ1) is 17.2. The molecule has 132 valence electrons. The lowest BCUT2D eigenvalue weighted by atomic mass is 10.2. The molecule has 0 radical (unpaired) electrons. The highest BCUT2D eigenvalue weighted by Gasteiger charge is 2.20. The van der Waals surface area contributed by atoms with E-state index < -0.39 is 0 Å². The summed E-state index contributed by atoms with van der Waals surface area (Å²) in [6.07, 6.45) is 1.85. The van der Waals surface area contributed by atoms with Gasteiger partial charge in [-0.3, -0.25) is 4.90 Å². The average Bonchev–Trinajstić information content (AvgIpc) is 2.68. The summed E-state index contributed by atoms with van der Waals surface area (Å²) < 4.78 is 5.08. The summed E-state index contributed by atoms with van der Waals surface area (Å²) in [6, 6.07) is 13.9. The fraction of sp³-hybridized carbons (Fsp3) is 0.368. The Balaban J connectivity index is 1.42. The van der Waals surface area contributed by atoms with Crippen molar-refractivity contribution in [2.75, 3.05) is 33.3 Å². The Bertz CT molecular complexity index is 668. The third kappa shape index (κ3) is 4.93. The zero-order valence-corrected chi connectivity index (χ0v) is 14.5. The van der Waals surface area contributed by atoms with Gasteiger partial charge >= 0.3 is 6.03 Å². The number of carbonyl (C=O) groups is 1. The van der Waals surface area contributed by atoms with Gasteiger partial charge in [0, 0.05) is 51.5 Å². The quantitative estimate of drug-likeness (QED) is 0.906. The third-order valence-corrected chi connectivity index (χ3v) is 4.36. The van der Waals surface area contributed by atoms with Crippen LogP contribution in [-0.4, -0.2) is 54.1 Å². The van der Waals surface area contributed by atoms with Gasteiger partial charge in [0.1, 0.15) is 0 Å². The molecule has 2 heterocycles. The molecule has 1 aromatic carbocycles. The van der Waals surface area contributed by atoms with Gasteiger partial charge in [-0.25, -0.2) is 9.78 Å². The molecule has 0 aliphatic carbocycles. The molecule has 6 nitrogen and oxygen atoms in total. The van der Waals surface area contributed by atoms with Crippen LogP contribution < -0.4 is 10.1 Å². The minimum atomic E-state index is 0.00890. The van der Waals surface area contributed by atoms with Crippen LogP contribution in [0.5, 0.6) is 5.88 Å². The van der Waals surface area contributed by atoms with Crippen molar-refractivity contribution in [1.82, 2.24) is 20.1 Å². The minimum absolute atomic E-state index is 0.00890. The number of carbonyl (C=O) groups excluding carboxylic acids is 1. The van der Waals surface area contributed by atoms with Gasteiger partial charge in [-0.1, -0.05) is 36.4 Å². The van der Waals surface area contributed by atoms with E-state index in [2.05, 4.69) is 15.2 Å². The van der Waals surface area contributed by atoms with Crippen molar-refractivity contribution in [2.45, 2.75) is 13.1 Å². The highest BCUT2D eigenvalue weighted by atomic mass is 16.5. The molecule has 6 heteroatoms. The molecule has 2 amide bonds. The van der Waals surface area contributed by atoms with E-state index in [1.807, 2.05) is 53.6 Å². The Morgan fingerprint density at radius 2 is 1.84 bits per heavy atom. The summed E-state index contributed by atoms with van der Waals surface area (Å²) in [5.41, 5.74) is 2.27. The first-order valence-corrected chi connectivity index (χ1v) is 8.52. The standard InChI is InChI=1S/C19H24N4O2/c1-25-18-8-7-17(14-20-18)15-22-9-11-23(12-10-22)19(24)21-13-16-5-3-2-4-6-16/h2-8,14H,9-13,15H2,1H3,(H,21,24). The molecule has 0 unspecified atom stereocenters. The maximum absolute atomic E-state index is 12.3. The van der Waals surface area contributed by atoms with Crippen molar-refractivity contribution in [3.8, 4) is 5.88 Å². The van der Waals surface area contributed by atoms with Crippen molar-refractivity contribution in [1.29, 1.82) is 0 Å². The molecule has 3 rings (SSSR count). The summed E-state index contributed by atoms with van der Waals surface area (Å²) in [7, 11) is 1.62. The van der Waals surface area contributed by atoms with Crippen molar-refractivity contribution in [3.63, 3.8) is 0 Å². The van der Waals surface area contributed by atoms with Crippen molar-refractivity contribution < 1.29 is 9.53 Å². The number of benzene rings is 1. The molecule has 2 aromatic rings. The highest BCUT2D eigenvalue weighted by molar-refractivity contribution is 5.74. The van der Waals surface area contributed by atoms with Crippen LogP contribution >= 0.6 is 0 Å². The molecule has 0 atom stereocenters. The number of amides is 2. The maximum atomic E-state index is 12.3. The van der Waals surface area contributed by atoms with Gasteiger partial charge < -0.3 is 15.0 Å². The Kier molecular flexibility index (Phi) is 5.85. The van der Waals surface area contributed by atoms with Crippen molar-refractivity contribution in [3.05, 3.63) is 59.8 Å². The molecule has 1 saturated heterocycles. The number of hydrogen-bond acceptors (Lipinski definition) is 4. The number of nitrogens with zero attached hydrogens (tertiary/aromatic N) is 3. The largest absolute Gasteiger partial charge is 0.481 e. The number of methoxy groups -OCH3 is 1. The first-order chi connectivity index (χ1) is 12.2. The molecule has 1 N–H and O–H groups in total. The van der Waals surface area contributed by atoms with Crippen LogP contribution in [0.3, 0.4) is 0 Å². The molecule has 1 aliphatic rings. The van der Waals surface area contributed by atoms with E-state index in [-0.39, 0.29) is 6.03 Å². The molecule has 0 bridgehead atoms. The number of nitrogens with one attached hydrogen (secondary N) is 1. The van der Waals surface area contributed by atoms with E-state index in [4.69, 9.17) is 4.74 Å². The number of rotatable bonds is 5. The zero-order chi connectivity index (χ0) is 17.5. The molecular weight excluding hydrogens is 316 g/mol. The van der Waals surface area contributed by atoms with E-state index in [0.717, 1.165) is 43.9 Å². The summed E-state index contributed by atoms with van der Waals surface area (Å²) >= 11 is 0. The molecule has 0 spiro atoms. The minimum Gasteiger partial charge on any atom is -0.481 e. The number of hydrogen-bond donors (Lipinski definition) is 1. The molecule has 1 fully saturated rings. The Labute approximate surface area is 148 Å². The van der Waals surface area contributed by atoms with Crippen LogP contribution in [-0.2, 0) is 13.1 Å². The Hall–Kier alpha value is -2.60. The second-order valence-corrected chi connectivity index (χ2v) is 6.12. The third-order valence-electron chi connectivity index (χ3n) is 4.36. The lowest BCUT2D eigenvalue weighted by Gasteiger charge is -2.34. The van der Waals surface area contributed by atoms with E-state index in [1.54, 1.807) is 7.11 Å². The summed E-state index contributed by atoms with van der Waals surface area (Å²) in [5, 5.41) is 2.99. The highest BCUT2D eigenvalue weighted by Crippen LogP contribution is 2.11. The zero-order valence-electron chi connectivity index (χ0n) is 14.5. The Morgan fingerprint density at radius 1 is 1.08 bits per heavy atom. The normalized spacial score (nSPS) is 15.0. The van der Waals surface area contributed by atoms with Gasteiger partial charge in [-0.15, -0.1) is 0 Å². The summed E-state index contributed by atoms with van der Waals surface area (Å²) in [5.74, 6) is 0.628. The number of aromatic nitrogens is 1. The smallest absolute Gasteiger partial charge is 0.317 e. The fourth-order valence-corrected chi connectivity index (χ4v) is 2.88. The van der Waals surface area contributed by atoms with E-state index in [9.17, 15) is 4.79 Å². The van der Waals surface area contributed by atoms with E-state index >= 15 is 0 Å². The molecule has 25 heavy (non-hydrogen) atoms. The number of urea groups is 1. The van der Waals surface area contributed by atoms with Crippen molar-refractivity contribution >= 4 is 6.03 Å². The maximum Gasteiger partial charge on any atom is 0.317 e. The second kappa shape index (κ2) is 8.48. The van der Waals surface area contributed by atoms with Crippen LogP contribution in [0.4, 0.5) is 4.79 Å². The first-order valence-electron chi connectivity index (χ1n) is 8.52. The number of ether oxygens (including phenoxy) is 1. The van der Waals surface area contributed by atoms with Crippen LogP contribution in [0, 0.1) is 0 Å². The van der Waals surface area contributed by atoms with Crippen LogP contribution in [0.15, 0.2) is 48.7 Å². The lowest BCUT2D eigenvalue weighted by molar-refractivity contribution is 0.135. The van der Waals surface area contributed by atoms with Crippen LogP contribution in [0.25, 0.3) is 0 Å². The predicted molar refractivity (Wildman–Crippen MR) is 96.3 cm³/mol. The number of pyridine rings is 1. The molecular formula is C19H24N4O2. The fourth-order valence-electron chi connectivity index (χ4n) is 2.88. The second-order valence-electron chi connectivity index (χ2n) is 6.12. The summed E-state index contributed by atoms with van der Waals surface area (Å²) in [4.78, 5) is 20.7. The predicted octanol–water partition coefficient (Wildman–Crippen LogP) is 2.12.